The van der Waals surface area contributed by atoms with Crippen LogP contribution < -0.4 is 10.5 Å². The van der Waals surface area contributed by atoms with Gasteiger partial charge in [0.15, 0.2) is 0 Å². The summed E-state index contributed by atoms with van der Waals surface area (Å²) in [5, 5.41) is 0. The van der Waals surface area contributed by atoms with Gasteiger partial charge in [0.2, 0.25) is 0 Å². The number of anilines is 1. The third kappa shape index (κ3) is 4.35. The van der Waals surface area contributed by atoms with Gasteiger partial charge in [-0.3, -0.25) is 4.79 Å². The first-order chi connectivity index (χ1) is 8.74. The molecule has 1 aromatic carbocycles. The molecule has 0 aliphatic heterocycles. The van der Waals surface area contributed by atoms with Gasteiger partial charge in [-0.15, -0.1) is 13.2 Å². The molecule has 1 rings (SSSR count). The van der Waals surface area contributed by atoms with Crippen molar-refractivity contribution in [2.24, 2.45) is 0 Å². The lowest BCUT2D eigenvalue weighted by molar-refractivity contribution is -0.274. The number of ether oxygens (including phenoxy) is 2. The van der Waals surface area contributed by atoms with Gasteiger partial charge in [-0.25, -0.2) is 0 Å². The number of nitrogen functional groups attached to an aromatic ring is 1. The van der Waals surface area contributed by atoms with Crippen LogP contribution in [0, 0.1) is 0 Å². The summed E-state index contributed by atoms with van der Waals surface area (Å²) in [6.07, 6.45) is -4.79. The molecule has 0 saturated carbocycles. The summed E-state index contributed by atoms with van der Waals surface area (Å²) in [6.45, 7) is 3.32. The topological polar surface area (TPSA) is 61.5 Å². The van der Waals surface area contributed by atoms with Gasteiger partial charge in [0, 0.05) is 5.69 Å². The molecular weight excluding hydrogens is 263 g/mol. The number of hydrogen-bond donors (Lipinski definition) is 1. The molecule has 2 N–H and O–H groups in total. The van der Waals surface area contributed by atoms with E-state index in [1.807, 2.05) is 0 Å². The first-order valence-corrected chi connectivity index (χ1v) is 5.56. The highest BCUT2D eigenvalue weighted by Gasteiger charge is 2.31. The van der Waals surface area contributed by atoms with Crippen LogP contribution in [0.1, 0.15) is 25.3 Å². The second kappa shape index (κ2) is 5.81. The fourth-order valence-corrected chi connectivity index (χ4v) is 1.52. The molecule has 0 aliphatic carbocycles. The number of nitrogens with two attached hydrogens (primary N) is 1. The molecule has 1 aromatic rings. The zero-order valence-electron chi connectivity index (χ0n) is 10.5. The van der Waals surface area contributed by atoms with Crippen LogP contribution in [0.4, 0.5) is 18.9 Å². The predicted octanol–water partition coefficient (Wildman–Crippen LogP) is 2.83. The Labute approximate surface area is 108 Å². The van der Waals surface area contributed by atoms with E-state index in [1.165, 1.54) is 13.0 Å². The van der Waals surface area contributed by atoms with Crippen molar-refractivity contribution >= 4 is 11.7 Å². The van der Waals surface area contributed by atoms with E-state index < -0.39 is 24.0 Å². The number of benzene rings is 1. The molecule has 19 heavy (non-hydrogen) atoms. The SMILES string of the molecule is CCOC(=O)C(C)c1cc(OC(F)(F)F)ccc1N. The van der Waals surface area contributed by atoms with E-state index in [2.05, 4.69) is 4.74 Å². The van der Waals surface area contributed by atoms with Crippen LogP contribution in [0.25, 0.3) is 0 Å². The Balaban J connectivity index is 3.00. The molecule has 7 heteroatoms. The second-order valence-corrected chi connectivity index (χ2v) is 3.81. The fraction of sp³-hybridized carbons (Fsp3) is 0.417. The summed E-state index contributed by atoms with van der Waals surface area (Å²) in [6, 6.07) is 3.43. The van der Waals surface area contributed by atoms with Gasteiger partial charge in [-0.1, -0.05) is 0 Å². The lowest BCUT2D eigenvalue weighted by Gasteiger charge is -2.15. The zero-order valence-corrected chi connectivity index (χ0v) is 10.5. The van der Waals surface area contributed by atoms with Crippen molar-refractivity contribution in [2.75, 3.05) is 12.3 Å². The molecular formula is C12H14F3NO3. The largest absolute Gasteiger partial charge is 0.573 e. The van der Waals surface area contributed by atoms with E-state index in [1.54, 1.807) is 6.92 Å². The maximum atomic E-state index is 12.1. The van der Waals surface area contributed by atoms with E-state index in [4.69, 9.17) is 10.5 Å². The number of rotatable bonds is 4. The molecule has 1 unspecified atom stereocenters. The molecule has 1 atom stereocenters. The highest BCUT2D eigenvalue weighted by Crippen LogP contribution is 2.30. The van der Waals surface area contributed by atoms with Gasteiger partial charge >= 0.3 is 12.3 Å². The molecule has 0 heterocycles. The van der Waals surface area contributed by atoms with Crippen molar-refractivity contribution in [3.05, 3.63) is 23.8 Å². The second-order valence-electron chi connectivity index (χ2n) is 3.81. The lowest BCUT2D eigenvalue weighted by Crippen LogP contribution is -2.18. The third-order valence-corrected chi connectivity index (χ3v) is 2.40. The normalized spacial score (nSPS) is 12.9. The smallest absolute Gasteiger partial charge is 0.466 e. The molecule has 0 saturated heterocycles. The molecule has 0 fully saturated rings. The average molecular weight is 277 g/mol. The maximum Gasteiger partial charge on any atom is 0.573 e. The minimum Gasteiger partial charge on any atom is -0.466 e. The van der Waals surface area contributed by atoms with E-state index in [-0.39, 0.29) is 17.9 Å². The molecule has 0 aromatic heterocycles. The number of hydrogen-bond acceptors (Lipinski definition) is 4. The van der Waals surface area contributed by atoms with E-state index in [9.17, 15) is 18.0 Å². The maximum absolute atomic E-state index is 12.1. The van der Waals surface area contributed by atoms with Crippen LogP contribution in [-0.4, -0.2) is 18.9 Å². The zero-order chi connectivity index (χ0) is 14.6. The highest BCUT2D eigenvalue weighted by atomic mass is 19.4. The molecule has 0 bridgehead atoms. The van der Waals surface area contributed by atoms with Gasteiger partial charge in [-0.05, 0) is 37.6 Å². The first-order valence-electron chi connectivity index (χ1n) is 5.56. The van der Waals surface area contributed by atoms with Crippen molar-refractivity contribution in [3.63, 3.8) is 0 Å². The minimum absolute atomic E-state index is 0.182. The lowest BCUT2D eigenvalue weighted by atomic mass is 9.99. The minimum atomic E-state index is -4.79. The van der Waals surface area contributed by atoms with Crippen LogP contribution in [0.15, 0.2) is 18.2 Å². The summed E-state index contributed by atoms with van der Waals surface area (Å²) in [4.78, 5) is 11.6. The Kier molecular flexibility index (Phi) is 4.63. The van der Waals surface area contributed by atoms with Gasteiger partial charge in [0.25, 0.3) is 0 Å². The van der Waals surface area contributed by atoms with Crippen LogP contribution in [0.2, 0.25) is 0 Å². The van der Waals surface area contributed by atoms with Crippen LogP contribution in [-0.2, 0) is 9.53 Å². The van der Waals surface area contributed by atoms with Crippen molar-refractivity contribution in [1.29, 1.82) is 0 Å². The molecule has 0 radical (unpaired) electrons. The van der Waals surface area contributed by atoms with Crippen molar-refractivity contribution in [2.45, 2.75) is 26.1 Å². The van der Waals surface area contributed by atoms with Crippen molar-refractivity contribution in [1.82, 2.24) is 0 Å². The number of carbonyl (C=O) groups is 1. The summed E-state index contributed by atoms with van der Waals surface area (Å²) in [5.41, 5.74) is 6.08. The quantitative estimate of drug-likeness (QED) is 0.679. The summed E-state index contributed by atoms with van der Waals surface area (Å²) >= 11 is 0. The van der Waals surface area contributed by atoms with E-state index in [0.717, 1.165) is 12.1 Å². The monoisotopic (exact) mass is 277 g/mol. The van der Waals surface area contributed by atoms with Crippen LogP contribution >= 0.6 is 0 Å². The standard InChI is InChI=1S/C12H14F3NO3/c1-3-18-11(17)7(2)9-6-8(4-5-10(9)16)19-12(13,14)15/h4-7H,3,16H2,1-2H3. The van der Waals surface area contributed by atoms with Crippen molar-refractivity contribution in [3.8, 4) is 5.75 Å². The Morgan fingerprint density at radius 3 is 2.58 bits per heavy atom. The summed E-state index contributed by atoms with van der Waals surface area (Å²) in [7, 11) is 0. The number of alkyl halides is 3. The Morgan fingerprint density at radius 1 is 1.42 bits per heavy atom. The van der Waals surface area contributed by atoms with Gasteiger partial charge in [0.1, 0.15) is 5.75 Å². The Morgan fingerprint density at radius 2 is 2.05 bits per heavy atom. The van der Waals surface area contributed by atoms with Gasteiger partial charge < -0.3 is 15.2 Å². The molecule has 0 aliphatic rings. The molecule has 4 nitrogen and oxygen atoms in total. The van der Waals surface area contributed by atoms with E-state index in [0.29, 0.717) is 0 Å². The van der Waals surface area contributed by atoms with Crippen molar-refractivity contribution < 1.29 is 27.4 Å². The van der Waals surface area contributed by atoms with E-state index >= 15 is 0 Å². The molecule has 0 spiro atoms. The summed E-state index contributed by atoms with van der Waals surface area (Å²) < 4.78 is 44.9. The first kappa shape index (κ1) is 15.1. The predicted molar refractivity (Wildman–Crippen MR) is 62.6 cm³/mol. The average Bonchev–Trinajstić information content (AvgIpc) is 2.29. The number of esters is 1. The summed E-state index contributed by atoms with van der Waals surface area (Å²) in [5.74, 6) is -1.75. The Bertz CT molecular complexity index is 460. The third-order valence-electron chi connectivity index (χ3n) is 2.40. The number of halogens is 3. The Hall–Kier alpha value is -1.92. The number of carbonyl (C=O) groups excluding carboxylic acids is 1. The van der Waals surface area contributed by atoms with Gasteiger partial charge in [-0.2, -0.15) is 0 Å². The van der Waals surface area contributed by atoms with Gasteiger partial charge in [0.05, 0.1) is 12.5 Å². The molecule has 0 amide bonds. The van der Waals surface area contributed by atoms with Crippen LogP contribution in [0.3, 0.4) is 0 Å². The highest BCUT2D eigenvalue weighted by molar-refractivity contribution is 5.80. The molecule has 106 valence electrons. The fourth-order valence-electron chi connectivity index (χ4n) is 1.52. The van der Waals surface area contributed by atoms with Crippen LogP contribution in [0.5, 0.6) is 5.75 Å².